The van der Waals surface area contributed by atoms with Crippen LogP contribution in [0.3, 0.4) is 0 Å². The number of hydrogen-bond donors (Lipinski definition) is 1. The molecule has 0 radical (unpaired) electrons. The second-order valence-corrected chi connectivity index (χ2v) is 9.55. The lowest BCUT2D eigenvalue weighted by Crippen LogP contribution is -2.36. The Balaban J connectivity index is 1.47. The normalized spacial score (nSPS) is 17.5. The van der Waals surface area contributed by atoms with Crippen molar-refractivity contribution in [3.05, 3.63) is 95.6 Å². The SMILES string of the molecule is C=C(/C=C1\SC(=O)NC1=O)/C=C(\C(=C)F)c1cncc(N2CCCN(C(=O)Cc3ccccc3)CC2)n1. The van der Waals surface area contributed by atoms with Gasteiger partial charge in [0, 0.05) is 31.8 Å². The van der Waals surface area contributed by atoms with Crippen LogP contribution in [0.25, 0.3) is 5.57 Å². The molecule has 37 heavy (non-hydrogen) atoms. The molecule has 0 saturated carbocycles. The minimum absolute atomic E-state index is 0.0698. The summed E-state index contributed by atoms with van der Waals surface area (Å²) in [4.78, 5) is 48.9. The Morgan fingerprint density at radius 3 is 2.59 bits per heavy atom. The number of hydrogen-bond acceptors (Lipinski definition) is 7. The molecule has 190 valence electrons. The van der Waals surface area contributed by atoms with E-state index in [1.54, 1.807) is 6.20 Å². The molecule has 10 heteroatoms. The van der Waals surface area contributed by atoms with Gasteiger partial charge >= 0.3 is 0 Å². The van der Waals surface area contributed by atoms with Crippen molar-refractivity contribution in [1.29, 1.82) is 0 Å². The number of amides is 3. The van der Waals surface area contributed by atoms with E-state index in [4.69, 9.17) is 0 Å². The van der Waals surface area contributed by atoms with E-state index in [1.165, 1.54) is 18.3 Å². The average molecular weight is 520 g/mol. The summed E-state index contributed by atoms with van der Waals surface area (Å²) in [5.74, 6) is -0.624. The molecule has 1 aromatic carbocycles. The van der Waals surface area contributed by atoms with E-state index in [9.17, 15) is 18.8 Å². The van der Waals surface area contributed by atoms with Crippen molar-refractivity contribution in [3.8, 4) is 0 Å². The van der Waals surface area contributed by atoms with Crippen LogP contribution in [0.4, 0.5) is 15.0 Å². The molecule has 8 nitrogen and oxygen atoms in total. The smallest absolute Gasteiger partial charge is 0.290 e. The average Bonchev–Trinajstić information content (AvgIpc) is 3.05. The van der Waals surface area contributed by atoms with Crippen molar-refractivity contribution in [2.45, 2.75) is 12.8 Å². The highest BCUT2D eigenvalue weighted by molar-refractivity contribution is 8.18. The van der Waals surface area contributed by atoms with E-state index in [-0.39, 0.29) is 22.1 Å². The Morgan fingerprint density at radius 2 is 1.89 bits per heavy atom. The van der Waals surface area contributed by atoms with Crippen LogP contribution in [0.15, 0.2) is 84.3 Å². The number of imide groups is 1. The van der Waals surface area contributed by atoms with Crippen LogP contribution in [0.2, 0.25) is 0 Å². The summed E-state index contributed by atoms with van der Waals surface area (Å²) in [5.41, 5.74) is 1.61. The highest BCUT2D eigenvalue weighted by Crippen LogP contribution is 2.28. The predicted octanol–water partition coefficient (Wildman–Crippen LogP) is 4.05. The van der Waals surface area contributed by atoms with E-state index in [0.29, 0.717) is 44.0 Å². The molecule has 3 amide bonds. The number of halogens is 1. The molecule has 0 unspecified atom stereocenters. The largest absolute Gasteiger partial charge is 0.353 e. The molecule has 1 aromatic heterocycles. The summed E-state index contributed by atoms with van der Waals surface area (Å²) in [6.45, 7) is 9.66. The molecule has 2 aliphatic heterocycles. The maximum Gasteiger partial charge on any atom is 0.290 e. The molecule has 0 spiro atoms. The number of rotatable bonds is 7. The number of anilines is 1. The highest BCUT2D eigenvalue weighted by Gasteiger charge is 2.25. The maximum atomic E-state index is 14.4. The first-order valence-electron chi connectivity index (χ1n) is 11.7. The molecule has 2 saturated heterocycles. The van der Waals surface area contributed by atoms with Gasteiger partial charge in [0.15, 0.2) is 0 Å². The van der Waals surface area contributed by atoms with Crippen molar-refractivity contribution in [1.82, 2.24) is 20.2 Å². The van der Waals surface area contributed by atoms with E-state index in [1.807, 2.05) is 40.1 Å². The fourth-order valence-corrected chi connectivity index (χ4v) is 4.72. The summed E-state index contributed by atoms with van der Waals surface area (Å²) < 4.78 is 14.4. The molecular formula is C27H26FN5O3S. The molecule has 0 atom stereocenters. The monoisotopic (exact) mass is 519 g/mol. The van der Waals surface area contributed by atoms with Gasteiger partial charge in [-0.3, -0.25) is 24.7 Å². The minimum atomic E-state index is -0.737. The van der Waals surface area contributed by atoms with Gasteiger partial charge in [-0.2, -0.15) is 0 Å². The van der Waals surface area contributed by atoms with Gasteiger partial charge in [0.2, 0.25) is 5.91 Å². The van der Waals surface area contributed by atoms with Crippen LogP contribution in [0.5, 0.6) is 0 Å². The van der Waals surface area contributed by atoms with Crippen LogP contribution >= 0.6 is 11.8 Å². The molecule has 4 rings (SSSR count). The summed E-state index contributed by atoms with van der Waals surface area (Å²) in [7, 11) is 0. The predicted molar refractivity (Wildman–Crippen MR) is 142 cm³/mol. The summed E-state index contributed by atoms with van der Waals surface area (Å²) in [6.07, 6.45) is 6.96. The van der Waals surface area contributed by atoms with E-state index < -0.39 is 17.0 Å². The Bertz CT molecular complexity index is 1310. The van der Waals surface area contributed by atoms with Crippen molar-refractivity contribution >= 4 is 40.2 Å². The van der Waals surface area contributed by atoms with Gasteiger partial charge in [-0.1, -0.05) is 43.5 Å². The number of nitrogens with zero attached hydrogens (tertiary/aromatic N) is 4. The van der Waals surface area contributed by atoms with Crippen LogP contribution in [0, 0.1) is 0 Å². The maximum absolute atomic E-state index is 14.4. The van der Waals surface area contributed by atoms with Crippen LogP contribution in [-0.4, -0.2) is 58.1 Å². The van der Waals surface area contributed by atoms with Crippen molar-refractivity contribution in [3.63, 3.8) is 0 Å². The van der Waals surface area contributed by atoms with Crippen molar-refractivity contribution < 1.29 is 18.8 Å². The fourth-order valence-electron chi connectivity index (χ4n) is 4.02. The first-order chi connectivity index (χ1) is 17.8. The molecule has 2 aromatic rings. The van der Waals surface area contributed by atoms with Gasteiger partial charge in [-0.25, -0.2) is 9.37 Å². The standard InChI is InChI=1S/C27H26FN5O3S/c1-18(14-23-26(35)31-27(36)37-23)13-21(19(2)28)22-16-29-17-24(30-22)32-9-6-10-33(12-11-32)25(34)15-20-7-4-3-5-8-20/h3-5,7-8,13-14,16-17H,1-2,6,9-12,15H2,(H,31,35,36)/b21-13+,23-14-. The van der Waals surface area contributed by atoms with Gasteiger partial charge < -0.3 is 9.80 Å². The third-order valence-corrected chi connectivity index (χ3v) is 6.66. The zero-order valence-electron chi connectivity index (χ0n) is 20.2. The topological polar surface area (TPSA) is 95.5 Å². The van der Waals surface area contributed by atoms with Crippen molar-refractivity contribution in [2.75, 3.05) is 31.1 Å². The molecule has 0 aliphatic carbocycles. The highest BCUT2D eigenvalue weighted by atomic mass is 32.2. The Labute approximate surface area is 218 Å². The zero-order valence-corrected chi connectivity index (χ0v) is 21.0. The third kappa shape index (κ3) is 6.79. The Hall–Kier alpha value is -4.05. The number of carbonyl (C=O) groups is 3. The quantitative estimate of drug-likeness (QED) is 0.436. The number of allylic oxidation sites excluding steroid dienone is 5. The van der Waals surface area contributed by atoms with Gasteiger partial charge in [-0.05, 0) is 41.5 Å². The second kappa shape index (κ2) is 11.8. The number of carbonyl (C=O) groups excluding carboxylic acids is 3. The lowest BCUT2D eigenvalue weighted by molar-refractivity contribution is -0.130. The van der Waals surface area contributed by atoms with Crippen LogP contribution in [-0.2, 0) is 16.0 Å². The molecule has 2 fully saturated rings. The van der Waals surface area contributed by atoms with Gasteiger partial charge in [0.1, 0.15) is 11.6 Å². The number of nitrogens with one attached hydrogen (secondary N) is 1. The van der Waals surface area contributed by atoms with Crippen LogP contribution < -0.4 is 10.2 Å². The number of aromatic nitrogens is 2. The van der Waals surface area contributed by atoms with E-state index >= 15 is 0 Å². The van der Waals surface area contributed by atoms with Crippen LogP contribution in [0.1, 0.15) is 17.7 Å². The summed E-state index contributed by atoms with van der Waals surface area (Å²) in [6, 6.07) is 9.65. The lowest BCUT2D eigenvalue weighted by atomic mass is 10.1. The fraction of sp³-hybridized carbons (Fsp3) is 0.222. The third-order valence-electron chi connectivity index (χ3n) is 5.85. The summed E-state index contributed by atoms with van der Waals surface area (Å²) in [5, 5.41) is 1.69. The molecule has 2 aliphatic rings. The number of benzene rings is 1. The summed E-state index contributed by atoms with van der Waals surface area (Å²) >= 11 is 0.752. The first-order valence-corrected chi connectivity index (χ1v) is 12.5. The van der Waals surface area contributed by atoms with Gasteiger partial charge in [0.25, 0.3) is 11.1 Å². The lowest BCUT2D eigenvalue weighted by Gasteiger charge is -2.23. The number of thioether (sulfide) groups is 1. The Kier molecular flexibility index (Phi) is 8.29. The Morgan fingerprint density at radius 1 is 1.11 bits per heavy atom. The molecule has 1 N–H and O–H groups in total. The molecular weight excluding hydrogens is 493 g/mol. The molecule has 3 heterocycles. The van der Waals surface area contributed by atoms with Crippen molar-refractivity contribution in [2.24, 2.45) is 0 Å². The minimum Gasteiger partial charge on any atom is -0.353 e. The van der Waals surface area contributed by atoms with Gasteiger partial charge in [0.05, 0.1) is 29.4 Å². The van der Waals surface area contributed by atoms with Gasteiger partial charge in [-0.15, -0.1) is 0 Å². The first kappa shape index (κ1) is 26.0. The van der Waals surface area contributed by atoms with E-state index in [2.05, 4.69) is 28.4 Å². The van der Waals surface area contributed by atoms with E-state index in [0.717, 1.165) is 23.7 Å². The second-order valence-electron chi connectivity index (χ2n) is 8.54. The molecule has 0 bridgehead atoms. The zero-order chi connectivity index (χ0) is 26.4.